The number of rotatable bonds is 3. The lowest BCUT2D eigenvalue weighted by atomic mass is 10.00. The molecule has 0 saturated heterocycles. The maximum absolute atomic E-state index is 13.6. The molecule has 0 bridgehead atoms. The van der Waals surface area contributed by atoms with Gasteiger partial charge in [-0.05, 0) is 30.3 Å². The summed E-state index contributed by atoms with van der Waals surface area (Å²) in [5, 5.41) is 12.6. The van der Waals surface area contributed by atoms with Crippen LogP contribution in [0.3, 0.4) is 0 Å². The van der Waals surface area contributed by atoms with Gasteiger partial charge in [-0.25, -0.2) is 14.5 Å². The van der Waals surface area contributed by atoms with Crippen molar-refractivity contribution < 1.29 is 22.0 Å². The molecule has 5 aromatic rings. The van der Waals surface area contributed by atoms with Gasteiger partial charge in [-0.1, -0.05) is 5.10 Å². The predicted molar refractivity (Wildman–Crippen MR) is 109 cm³/mol. The number of halogens is 4. The van der Waals surface area contributed by atoms with Crippen LogP contribution >= 0.6 is 0 Å². The van der Waals surface area contributed by atoms with Gasteiger partial charge in [0.1, 0.15) is 6.04 Å². The van der Waals surface area contributed by atoms with Gasteiger partial charge >= 0.3 is 12.2 Å². The number of hydrogen-bond donors (Lipinski definition) is 1. The Kier molecular flexibility index (Phi) is 4.40. The molecule has 1 aliphatic rings. The van der Waals surface area contributed by atoms with E-state index in [4.69, 9.17) is 4.42 Å². The van der Waals surface area contributed by atoms with Gasteiger partial charge in [0.15, 0.2) is 0 Å². The SMILES string of the molecule is Fc1ccc(-c2nnc(N3CCc4[nH]cnc4[C@@H]3c3cc4c(C(F)(F)F)cccn4n3)o2)cn1. The van der Waals surface area contributed by atoms with Crippen molar-refractivity contribution in [2.24, 2.45) is 0 Å². The number of hydrogen-bond acceptors (Lipinski definition) is 7. The molecule has 0 unspecified atom stereocenters. The molecule has 0 spiro atoms. The quantitative estimate of drug-likeness (QED) is 0.316. The van der Waals surface area contributed by atoms with Crippen LogP contribution in [-0.4, -0.2) is 41.3 Å². The van der Waals surface area contributed by atoms with Gasteiger partial charge in [-0.3, -0.25) is 0 Å². The van der Waals surface area contributed by atoms with E-state index in [2.05, 4.69) is 30.2 Å². The average Bonchev–Trinajstić information content (AvgIpc) is 3.56. The van der Waals surface area contributed by atoms with E-state index in [-0.39, 0.29) is 17.4 Å². The van der Waals surface area contributed by atoms with E-state index in [9.17, 15) is 17.6 Å². The molecular weight excluding hydrogens is 456 g/mol. The third-order valence-corrected chi connectivity index (χ3v) is 5.67. The number of anilines is 1. The molecule has 0 aromatic carbocycles. The van der Waals surface area contributed by atoms with E-state index in [1.54, 1.807) is 4.90 Å². The molecule has 0 fully saturated rings. The van der Waals surface area contributed by atoms with E-state index in [0.717, 1.165) is 11.8 Å². The van der Waals surface area contributed by atoms with Gasteiger partial charge < -0.3 is 14.3 Å². The van der Waals surface area contributed by atoms with Crippen LogP contribution in [-0.2, 0) is 12.6 Å². The van der Waals surface area contributed by atoms with Crippen molar-refractivity contribution in [1.82, 2.24) is 34.8 Å². The molecule has 1 aliphatic heterocycles. The second-order valence-corrected chi connectivity index (χ2v) is 7.69. The lowest BCUT2D eigenvalue weighted by Gasteiger charge is -2.32. The molecule has 0 aliphatic carbocycles. The molecule has 6 heterocycles. The number of aromatic nitrogens is 7. The van der Waals surface area contributed by atoms with Gasteiger partial charge in [0.2, 0.25) is 5.95 Å². The summed E-state index contributed by atoms with van der Waals surface area (Å²) in [6.45, 7) is 0.420. The van der Waals surface area contributed by atoms with E-state index in [1.165, 1.54) is 47.5 Å². The predicted octanol–water partition coefficient (Wildman–Crippen LogP) is 3.81. The van der Waals surface area contributed by atoms with Gasteiger partial charge in [0, 0.05) is 31.1 Å². The van der Waals surface area contributed by atoms with Crippen molar-refractivity contribution in [2.45, 2.75) is 18.6 Å². The van der Waals surface area contributed by atoms with Gasteiger partial charge in [-0.2, -0.15) is 22.7 Å². The third kappa shape index (κ3) is 3.27. The number of H-pyrrole nitrogens is 1. The van der Waals surface area contributed by atoms with Crippen molar-refractivity contribution in [3.05, 3.63) is 77.6 Å². The Hall–Kier alpha value is -4.29. The largest absolute Gasteiger partial charge is 0.418 e. The molecule has 1 N–H and O–H groups in total. The maximum Gasteiger partial charge on any atom is 0.418 e. The molecule has 34 heavy (non-hydrogen) atoms. The normalized spacial score (nSPS) is 16.2. The molecule has 0 amide bonds. The Bertz CT molecular complexity index is 1490. The van der Waals surface area contributed by atoms with Gasteiger partial charge in [0.05, 0.1) is 34.4 Å². The molecule has 0 radical (unpaired) electrons. The van der Waals surface area contributed by atoms with Crippen molar-refractivity contribution in [1.29, 1.82) is 0 Å². The number of imidazole rings is 1. The van der Waals surface area contributed by atoms with Crippen molar-refractivity contribution in [2.75, 3.05) is 11.4 Å². The fraction of sp³-hybridized carbons (Fsp3) is 0.190. The summed E-state index contributed by atoms with van der Waals surface area (Å²) < 4.78 is 60.9. The van der Waals surface area contributed by atoms with Crippen molar-refractivity contribution in [3.8, 4) is 11.5 Å². The van der Waals surface area contributed by atoms with Crippen LogP contribution in [0.4, 0.5) is 23.6 Å². The summed E-state index contributed by atoms with van der Waals surface area (Å²) >= 11 is 0. The third-order valence-electron chi connectivity index (χ3n) is 5.67. The minimum absolute atomic E-state index is 0.0730. The highest BCUT2D eigenvalue weighted by molar-refractivity contribution is 5.59. The Morgan fingerprint density at radius 2 is 2.00 bits per heavy atom. The fourth-order valence-corrected chi connectivity index (χ4v) is 4.14. The first-order valence-corrected chi connectivity index (χ1v) is 10.2. The molecular formula is C21H14F4N8O. The van der Waals surface area contributed by atoms with Crippen molar-refractivity contribution >= 4 is 11.5 Å². The number of nitrogens with one attached hydrogen (secondary N) is 1. The molecule has 5 aromatic heterocycles. The average molecular weight is 470 g/mol. The number of aromatic amines is 1. The Labute approximate surface area is 188 Å². The van der Waals surface area contributed by atoms with Crippen LogP contribution in [0, 0.1) is 5.95 Å². The van der Waals surface area contributed by atoms with Gasteiger partial charge in [-0.15, -0.1) is 5.10 Å². The highest BCUT2D eigenvalue weighted by atomic mass is 19.4. The zero-order valence-electron chi connectivity index (χ0n) is 17.2. The first kappa shape index (κ1) is 20.3. The van der Waals surface area contributed by atoms with Crippen LogP contribution in [0.1, 0.15) is 28.7 Å². The second-order valence-electron chi connectivity index (χ2n) is 7.69. The summed E-state index contributed by atoms with van der Waals surface area (Å²) in [4.78, 5) is 12.8. The molecule has 1 atom stereocenters. The molecule has 13 heteroatoms. The minimum Gasteiger partial charge on any atom is -0.403 e. The lowest BCUT2D eigenvalue weighted by molar-refractivity contribution is -0.136. The van der Waals surface area contributed by atoms with Crippen LogP contribution in [0.2, 0.25) is 0 Å². The standard InChI is InChI=1S/C21H14F4N8O/c22-16-4-3-11(9-26-16)19-29-30-20(34-19)32-7-5-13-17(28-10-27-13)18(32)14-8-15-12(21(23,24)25)2-1-6-33(15)31-14/h1-4,6,8-10,18H,5,7H2,(H,27,28)/t18-/m0/s1. The monoisotopic (exact) mass is 470 g/mol. The van der Waals surface area contributed by atoms with E-state index in [1.807, 2.05) is 0 Å². The fourth-order valence-electron chi connectivity index (χ4n) is 4.14. The van der Waals surface area contributed by atoms with Crippen LogP contribution in [0.25, 0.3) is 17.0 Å². The smallest absolute Gasteiger partial charge is 0.403 e. The number of nitrogens with zero attached hydrogens (tertiary/aromatic N) is 7. The van der Waals surface area contributed by atoms with E-state index >= 15 is 0 Å². The summed E-state index contributed by atoms with van der Waals surface area (Å²) in [6.07, 6.45) is 0.296. The summed E-state index contributed by atoms with van der Waals surface area (Å²) in [5.41, 5.74) is 1.35. The van der Waals surface area contributed by atoms with Crippen LogP contribution in [0.5, 0.6) is 0 Å². The molecule has 6 rings (SSSR count). The minimum atomic E-state index is -4.53. The first-order chi connectivity index (χ1) is 16.4. The summed E-state index contributed by atoms with van der Waals surface area (Å²) in [5.74, 6) is -0.515. The topological polar surface area (TPSA) is 101 Å². The lowest BCUT2D eigenvalue weighted by Crippen LogP contribution is -2.36. The molecule has 0 saturated carbocycles. The van der Waals surface area contributed by atoms with Crippen LogP contribution in [0.15, 0.2) is 53.5 Å². The Morgan fingerprint density at radius 1 is 1.12 bits per heavy atom. The summed E-state index contributed by atoms with van der Waals surface area (Å²) in [7, 11) is 0. The highest BCUT2D eigenvalue weighted by Gasteiger charge is 2.38. The number of alkyl halides is 3. The Morgan fingerprint density at radius 3 is 2.79 bits per heavy atom. The number of pyridine rings is 2. The number of fused-ring (bicyclic) bond motifs is 2. The zero-order chi connectivity index (χ0) is 23.4. The highest BCUT2D eigenvalue weighted by Crippen LogP contribution is 2.39. The zero-order valence-corrected chi connectivity index (χ0v) is 17.2. The van der Waals surface area contributed by atoms with Crippen LogP contribution < -0.4 is 4.90 Å². The van der Waals surface area contributed by atoms with E-state index in [0.29, 0.717) is 29.9 Å². The second kappa shape index (κ2) is 7.37. The molecule has 172 valence electrons. The Balaban J connectivity index is 1.45. The summed E-state index contributed by atoms with van der Waals surface area (Å²) in [6, 6.07) is 5.80. The van der Waals surface area contributed by atoms with Crippen molar-refractivity contribution in [3.63, 3.8) is 0 Å². The molecule has 9 nitrogen and oxygen atoms in total. The maximum atomic E-state index is 13.6. The van der Waals surface area contributed by atoms with E-state index < -0.39 is 23.7 Å². The first-order valence-electron chi connectivity index (χ1n) is 10.2. The van der Waals surface area contributed by atoms with Gasteiger partial charge in [0.25, 0.3) is 5.89 Å².